The van der Waals surface area contributed by atoms with Crippen LogP contribution in [0.4, 0.5) is 14.5 Å². The summed E-state index contributed by atoms with van der Waals surface area (Å²) in [5.74, 6) is -1.41. The van der Waals surface area contributed by atoms with Crippen molar-refractivity contribution in [3.63, 3.8) is 0 Å². The summed E-state index contributed by atoms with van der Waals surface area (Å²) in [4.78, 5) is 26.6. The van der Waals surface area contributed by atoms with Gasteiger partial charge in [-0.15, -0.1) is 0 Å². The first kappa shape index (κ1) is 27.0. The zero-order valence-electron chi connectivity index (χ0n) is 20.6. The number of aldehydes is 1. The molecule has 1 aliphatic rings. The average molecular weight is 639 g/mol. The Labute approximate surface area is 237 Å². The lowest BCUT2D eigenvalue weighted by atomic mass is 9.77. The van der Waals surface area contributed by atoms with Gasteiger partial charge in [0.25, 0.3) is 0 Å². The number of nitrogens with zero attached hydrogens (tertiary/aromatic N) is 1. The summed E-state index contributed by atoms with van der Waals surface area (Å²) in [5, 5.41) is 20.7. The largest absolute Gasteiger partial charge is 0.508 e. The van der Waals surface area contributed by atoms with Gasteiger partial charge in [-0.05, 0) is 112 Å². The van der Waals surface area contributed by atoms with Crippen molar-refractivity contribution in [2.24, 2.45) is 5.92 Å². The van der Waals surface area contributed by atoms with Crippen LogP contribution in [0.15, 0.2) is 91.0 Å². The van der Waals surface area contributed by atoms with E-state index in [9.17, 15) is 28.6 Å². The Kier molecular flexibility index (Phi) is 7.51. The number of anilines is 1. The highest BCUT2D eigenvalue weighted by atomic mass is 127. The minimum absolute atomic E-state index is 0.0388. The number of phenolic OH excluding ortho intramolecular Hbond substituents is 1. The maximum atomic E-state index is 13.7. The molecule has 39 heavy (non-hydrogen) atoms. The number of β-lactam (4-membered cyclic amide) rings is 1. The van der Waals surface area contributed by atoms with Crippen LogP contribution >= 0.6 is 22.6 Å². The fourth-order valence-corrected chi connectivity index (χ4v) is 6.53. The summed E-state index contributed by atoms with van der Waals surface area (Å²) in [6, 6.07) is 23.3. The molecule has 1 saturated heterocycles. The van der Waals surface area contributed by atoms with E-state index in [0.29, 0.717) is 28.8 Å². The molecular formula is C31H24F2INO4. The summed E-state index contributed by atoms with van der Waals surface area (Å²) < 4.78 is 26.1. The standard InChI is InChI=1S/C31H24F2INO4/c32-23-8-3-20(4-9-23)29(38)16-15-28-30(39)35(25-12-10-24(33)11-13-25)31(28,34)22-6-1-19(2-7-22)27-17-26(37)14-5-21(27)18-36/h1-14,17-18,28-29,37-38H,15-16H2/t28-,29+,31+/m1/s1. The minimum Gasteiger partial charge on any atom is -0.508 e. The molecule has 4 aromatic carbocycles. The molecule has 2 N–H and O–H groups in total. The second-order valence-electron chi connectivity index (χ2n) is 9.49. The summed E-state index contributed by atoms with van der Waals surface area (Å²) in [6.45, 7) is 0. The van der Waals surface area contributed by atoms with Crippen molar-refractivity contribution in [3.05, 3.63) is 119 Å². The van der Waals surface area contributed by atoms with Crippen molar-refractivity contribution in [2.45, 2.75) is 22.5 Å². The number of hydrogen-bond donors (Lipinski definition) is 2. The minimum atomic E-state index is -0.867. The molecule has 1 aliphatic heterocycles. The summed E-state index contributed by atoms with van der Waals surface area (Å²) in [7, 11) is 0. The first-order valence-electron chi connectivity index (χ1n) is 12.3. The van der Waals surface area contributed by atoms with Gasteiger partial charge in [-0.3, -0.25) is 14.5 Å². The van der Waals surface area contributed by atoms with Crippen LogP contribution in [-0.2, 0) is 8.34 Å². The number of hydrogen-bond acceptors (Lipinski definition) is 4. The average Bonchev–Trinajstić information content (AvgIpc) is 2.94. The van der Waals surface area contributed by atoms with E-state index in [1.54, 1.807) is 23.1 Å². The van der Waals surface area contributed by atoms with Crippen LogP contribution in [-0.4, -0.2) is 22.4 Å². The predicted octanol–water partition coefficient (Wildman–Crippen LogP) is 6.91. The lowest BCUT2D eigenvalue weighted by molar-refractivity contribution is -0.131. The van der Waals surface area contributed by atoms with Gasteiger partial charge >= 0.3 is 0 Å². The van der Waals surface area contributed by atoms with E-state index in [1.165, 1.54) is 48.5 Å². The molecule has 0 unspecified atom stereocenters. The number of carbonyl (C=O) groups is 2. The van der Waals surface area contributed by atoms with Crippen molar-refractivity contribution < 1.29 is 28.6 Å². The van der Waals surface area contributed by atoms with Crippen LogP contribution < -0.4 is 4.90 Å². The van der Waals surface area contributed by atoms with E-state index in [2.05, 4.69) is 22.6 Å². The molecule has 0 saturated carbocycles. The van der Waals surface area contributed by atoms with E-state index >= 15 is 0 Å². The van der Waals surface area contributed by atoms with Gasteiger partial charge in [0.1, 0.15) is 20.9 Å². The molecule has 4 aromatic rings. The molecule has 1 heterocycles. The van der Waals surface area contributed by atoms with Crippen LogP contribution in [0.3, 0.4) is 0 Å². The fraction of sp³-hybridized carbons (Fsp3) is 0.161. The quantitative estimate of drug-likeness (QED) is 0.0722. The summed E-state index contributed by atoms with van der Waals surface area (Å²) >= 11 is 2.24. The van der Waals surface area contributed by atoms with Crippen LogP contribution in [0, 0.1) is 17.6 Å². The molecule has 0 aliphatic carbocycles. The number of halogens is 3. The maximum Gasteiger partial charge on any atom is 0.235 e. The number of aliphatic hydroxyl groups excluding tert-OH is 1. The molecule has 198 valence electrons. The van der Waals surface area contributed by atoms with Gasteiger partial charge in [0.2, 0.25) is 5.91 Å². The zero-order valence-corrected chi connectivity index (χ0v) is 22.8. The number of amides is 1. The number of aromatic hydroxyl groups is 1. The zero-order chi connectivity index (χ0) is 27.7. The topological polar surface area (TPSA) is 77.8 Å². The highest BCUT2D eigenvalue weighted by Crippen LogP contribution is 2.56. The summed E-state index contributed by atoms with van der Waals surface area (Å²) in [5.41, 5.74) is 3.66. The number of rotatable bonds is 8. The Morgan fingerprint density at radius 1 is 0.923 bits per heavy atom. The third-order valence-corrected chi connectivity index (χ3v) is 9.00. The van der Waals surface area contributed by atoms with Gasteiger partial charge < -0.3 is 10.2 Å². The first-order chi connectivity index (χ1) is 18.7. The van der Waals surface area contributed by atoms with Crippen molar-refractivity contribution >= 4 is 40.5 Å². The second-order valence-corrected chi connectivity index (χ2v) is 11.1. The third kappa shape index (κ3) is 5.06. The lowest BCUT2D eigenvalue weighted by Crippen LogP contribution is -2.65. The van der Waals surface area contributed by atoms with Crippen LogP contribution in [0.2, 0.25) is 0 Å². The Hall–Kier alpha value is -3.63. The number of alkyl halides is 1. The molecule has 5 rings (SSSR count). The smallest absolute Gasteiger partial charge is 0.235 e. The fourth-order valence-electron chi connectivity index (χ4n) is 5.08. The van der Waals surface area contributed by atoms with Gasteiger partial charge in [0, 0.05) is 11.3 Å². The molecule has 0 aromatic heterocycles. The molecule has 8 heteroatoms. The Morgan fingerprint density at radius 3 is 2.15 bits per heavy atom. The van der Waals surface area contributed by atoms with Crippen molar-refractivity contribution in [1.29, 1.82) is 0 Å². The van der Waals surface area contributed by atoms with Gasteiger partial charge in [0.05, 0.1) is 12.0 Å². The molecule has 1 amide bonds. The second kappa shape index (κ2) is 10.9. The van der Waals surface area contributed by atoms with Crippen LogP contribution in [0.5, 0.6) is 5.75 Å². The highest BCUT2D eigenvalue weighted by Gasteiger charge is 2.59. The van der Waals surface area contributed by atoms with E-state index < -0.39 is 27.2 Å². The van der Waals surface area contributed by atoms with E-state index in [0.717, 1.165) is 17.4 Å². The Balaban J connectivity index is 1.47. The molecular weight excluding hydrogens is 615 g/mol. The van der Waals surface area contributed by atoms with Gasteiger partial charge in [-0.25, -0.2) is 8.78 Å². The predicted molar refractivity (Wildman–Crippen MR) is 153 cm³/mol. The molecule has 1 fully saturated rings. The molecule has 5 nitrogen and oxygen atoms in total. The Bertz CT molecular complexity index is 1510. The van der Waals surface area contributed by atoms with E-state index in [-0.39, 0.29) is 18.1 Å². The number of aliphatic hydroxyl groups is 1. The van der Waals surface area contributed by atoms with Crippen molar-refractivity contribution in [2.75, 3.05) is 4.90 Å². The first-order valence-corrected chi connectivity index (χ1v) is 13.4. The SMILES string of the molecule is O=Cc1ccc(O)cc1-c1ccc([C@@]2(I)[C@H](CC[C@H](O)c3ccc(F)cc3)C(=O)N2c2ccc(F)cc2)cc1. The molecule has 3 atom stereocenters. The molecule has 0 radical (unpaired) electrons. The lowest BCUT2D eigenvalue weighted by Gasteiger charge is -2.55. The Morgan fingerprint density at radius 2 is 1.54 bits per heavy atom. The van der Waals surface area contributed by atoms with Crippen molar-refractivity contribution in [3.8, 4) is 16.9 Å². The summed E-state index contributed by atoms with van der Waals surface area (Å²) in [6.07, 6.45) is 0.510. The number of phenols is 1. The molecule has 0 spiro atoms. The van der Waals surface area contributed by atoms with Crippen LogP contribution in [0.1, 0.15) is 40.4 Å². The normalized spacial score (nSPS) is 19.4. The number of benzene rings is 4. The van der Waals surface area contributed by atoms with Crippen LogP contribution in [0.25, 0.3) is 11.1 Å². The van der Waals surface area contributed by atoms with E-state index in [4.69, 9.17) is 0 Å². The van der Waals surface area contributed by atoms with Crippen molar-refractivity contribution in [1.82, 2.24) is 0 Å². The third-order valence-electron chi connectivity index (χ3n) is 7.14. The van der Waals surface area contributed by atoms with E-state index in [1.807, 2.05) is 24.3 Å². The maximum absolute atomic E-state index is 13.7. The van der Waals surface area contributed by atoms with Gasteiger partial charge in [-0.1, -0.05) is 36.4 Å². The highest BCUT2D eigenvalue weighted by molar-refractivity contribution is 14.1. The van der Waals surface area contributed by atoms with Gasteiger partial charge in [-0.2, -0.15) is 0 Å². The monoisotopic (exact) mass is 639 g/mol. The van der Waals surface area contributed by atoms with Gasteiger partial charge in [0.15, 0.2) is 6.29 Å². The molecule has 0 bridgehead atoms. The number of carbonyl (C=O) groups excluding carboxylic acids is 2.